The van der Waals surface area contributed by atoms with Crippen molar-refractivity contribution in [3.05, 3.63) is 106 Å². The van der Waals surface area contributed by atoms with Gasteiger partial charge in [0.05, 0.1) is 25.4 Å². The summed E-state index contributed by atoms with van der Waals surface area (Å²) in [6, 6.07) is 28.8. The van der Waals surface area contributed by atoms with E-state index in [1.54, 1.807) is 0 Å². The Morgan fingerprint density at radius 3 is 2.12 bits per heavy atom. The maximum atomic E-state index is 10.8. The van der Waals surface area contributed by atoms with E-state index in [1.165, 1.54) is 0 Å². The van der Waals surface area contributed by atoms with Crippen LogP contribution in [-0.2, 0) is 9.47 Å². The molecular formula is C27H31BrClNO3. The summed E-state index contributed by atoms with van der Waals surface area (Å²) in [5, 5.41) is 10.8. The highest BCUT2D eigenvalue weighted by atomic mass is 79.9. The van der Waals surface area contributed by atoms with Gasteiger partial charge in [0.25, 0.3) is 0 Å². The van der Waals surface area contributed by atoms with Gasteiger partial charge in [-0.05, 0) is 35.7 Å². The van der Waals surface area contributed by atoms with Gasteiger partial charge in [-0.2, -0.15) is 0 Å². The van der Waals surface area contributed by atoms with Crippen LogP contribution in [-0.4, -0.2) is 48.5 Å². The Balaban J connectivity index is 0.00000306. The Kier molecular flexibility index (Phi) is 9.93. The van der Waals surface area contributed by atoms with Crippen molar-refractivity contribution in [3.8, 4) is 0 Å². The van der Waals surface area contributed by atoms with Crippen LogP contribution in [0.25, 0.3) is 0 Å². The van der Waals surface area contributed by atoms with Gasteiger partial charge in [-0.1, -0.05) is 88.7 Å². The molecule has 3 unspecified atom stereocenters. The van der Waals surface area contributed by atoms with E-state index in [9.17, 15) is 5.11 Å². The monoisotopic (exact) mass is 531 g/mol. The van der Waals surface area contributed by atoms with E-state index in [0.717, 1.165) is 27.7 Å². The molecule has 3 aromatic carbocycles. The number of benzene rings is 3. The van der Waals surface area contributed by atoms with Gasteiger partial charge in [-0.3, -0.25) is 4.90 Å². The number of ether oxygens (including phenoxy) is 2. The van der Waals surface area contributed by atoms with Gasteiger partial charge in [0.2, 0.25) is 0 Å². The van der Waals surface area contributed by atoms with Crippen molar-refractivity contribution in [3.63, 3.8) is 0 Å². The molecule has 3 aromatic rings. The van der Waals surface area contributed by atoms with E-state index in [1.807, 2.05) is 48.5 Å². The lowest BCUT2D eigenvalue weighted by molar-refractivity contribution is -0.0870. The third-order valence-electron chi connectivity index (χ3n) is 5.99. The Hall–Kier alpha value is -1.73. The van der Waals surface area contributed by atoms with Gasteiger partial charge in [-0.25, -0.2) is 0 Å². The molecule has 176 valence electrons. The summed E-state index contributed by atoms with van der Waals surface area (Å²) in [6.07, 6.45) is -0.799. The largest absolute Gasteiger partial charge is 0.389 e. The molecule has 1 N–H and O–H groups in total. The molecule has 0 saturated carbocycles. The van der Waals surface area contributed by atoms with Gasteiger partial charge in [0, 0.05) is 23.6 Å². The summed E-state index contributed by atoms with van der Waals surface area (Å²) in [6.45, 7) is 4.42. The fourth-order valence-electron chi connectivity index (χ4n) is 4.29. The van der Waals surface area contributed by atoms with Gasteiger partial charge in [0.15, 0.2) is 0 Å². The average Bonchev–Trinajstić information content (AvgIpc) is 2.83. The highest BCUT2D eigenvalue weighted by Gasteiger charge is 2.31. The van der Waals surface area contributed by atoms with Crippen LogP contribution in [0.1, 0.15) is 35.8 Å². The summed E-state index contributed by atoms with van der Waals surface area (Å²) in [7, 11) is 0. The Bertz CT molecular complexity index is 919. The van der Waals surface area contributed by atoms with E-state index in [-0.39, 0.29) is 37.3 Å². The van der Waals surface area contributed by atoms with Gasteiger partial charge in [-0.15, -0.1) is 12.4 Å². The molecule has 1 heterocycles. The van der Waals surface area contributed by atoms with Crippen LogP contribution in [0.15, 0.2) is 89.4 Å². The number of nitrogens with zero attached hydrogens (tertiary/aromatic N) is 1. The highest BCUT2D eigenvalue weighted by Crippen LogP contribution is 2.30. The predicted molar refractivity (Wildman–Crippen MR) is 138 cm³/mol. The summed E-state index contributed by atoms with van der Waals surface area (Å²) in [5.74, 6) is 0. The third-order valence-corrected chi connectivity index (χ3v) is 6.52. The molecule has 1 saturated heterocycles. The first-order valence-corrected chi connectivity index (χ1v) is 11.9. The summed E-state index contributed by atoms with van der Waals surface area (Å²) < 4.78 is 13.4. The minimum atomic E-state index is -0.587. The van der Waals surface area contributed by atoms with Crippen LogP contribution in [0.5, 0.6) is 0 Å². The second kappa shape index (κ2) is 12.7. The Morgan fingerprint density at radius 1 is 0.970 bits per heavy atom. The normalized spacial score (nSPS) is 19.8. The number of rotatable bonds is 8. The number of hydrogen-bond acceptors (Lipinski definition) is 4. The van der Waals surface area contributed by atoms with Crippen molar-refractivity contribution in [2.24, 2.45) is 0 Å². The third kappa shape index (κ3) is 6.89. The molecule has 1 fully saturated rings. The Labute approximate surface area is 211 Å². The van der Waals surface area contributed by atoms with E-state index in [0.29, 0.717) is 13.2 Å². The molecule has 4 rings (SSSR count). The molecule has 6 heteroatoms. The number of aliphatic hydroxyl groups is 1. The molecule has 1 aliphatic heterocycles. The summed E-state index contributed by atoms with van der Waals surface area (Å²) in [5.41, 5.74) is 3.33. The van der Waals surface area contributed by atoms with Crippen LogP contribution >= 0.6 is 28.3 Å². The molecule has 0 bridgehead atoms. The van der Waals surface area contributed by atoms with Crippen molar-refractivity contribution < 1.29 is 14.6 Å². The van der Waals surface area contributed by atoms with E-state index in [4.69, 9.17) is 9.47 Å². The zero-order valence-electron chi connectivity index (χ0n) is 18.7. The minimum absolute atomic E-state index is 0. The number of aliphatic hydroxyl groups excluding tert-OH is 1. The SMILES string of the molecule is CC1C(c2ccc(Br)cc2)OCCN1CC(O)COC(c1ccccc1)c1ccccc1.Cl. The van der Waals surface area contributed by atoms with E-state index in [2.05, 4.69) is 64.2 Å². The topological polar surface area (TPSA) is 41.9 Å². The standard InChI is InChI=1S/C27H30BrNO3.ClH/c1-20-26(23-12-14-24(28)15-13-23)31-17-16-29(20)18-25(30)19-32-27(21-8-4-2-5-9-21)22-10-6-3-7-11-22;/h2-15,20,25-27,30H,16-19H2,1H3;1H. The second-order valence-electron chi connectivity index (χ2n) is 8.27. The predicted octanol–water partition coefficient (Wildman–Crippen LogP) is 5.80. The van der Waals surface area contributed by atoms with Crippen molar-refractivity contribution in [1.82, 2.24) is 4.90 Å². The van der Waals surface area contributed by atoms with Crippen molar-refractivity contribution in [1.29, 1.82) is 0 Å². The minimum Gasteiger partial charge on any atom is -0.389 e. The van der Waals surface area contributed by atoms with E-state index >= 15 is 0 Å². The number of halogens is 2. The van der Waals surface area contributed by atoms with Crippen molar-refractivity contribution >= 4 is 28.3 Å². The van der Waals surface area contributed by atoms with Crippen LogP contribution in [0.3, 0.4) is 0 Å². The van der Waals surface area contributed by atoms with Crippen LogP contribution < -0.4 is 0 Å². The first-order chi connectivity index (χ1) is 15.6. The van der Waals surface area contributed by atoms with Crippen LogP contribution in [0.4, 0.5) is 0 Å². The van der Waals surface area contributed by atoms with Gasteiger partial charge in [0.1, 0.15) is 6.10 Å². The Morgan fingerprint density at radius 2 is 1.55 bits per heavy atom. The molecule has 0 spiro atoms. The molecule has 0 radical (unpaired) electrons. The molecule has 0 aromatic heterocycles. The fraction of sp³-hybridized carbons (Fsp3) is 0.333. The zero-order chi connectivity index (χ0) is 22.3. The fourth-order valence-corrected chi connectivity index (χ4v) is 4.55. The maximum Gasteiger partial charge on any atom is 0.108 e. The number of β-amino-alcohol motifs (C(OH)–C–C–N with tert-alkyl or cyclic N) is 1. The zero-order valence-corrected chi connectivity index (χ0v) is 21.1. The molecule has 4 nitrogen and oxygen atoms in total. The lowest BCUT2D eigenvalue weighted by atomic mass is 10.00. The quantitative estimate of drug-likeness (QED) is 0.398. The molecule has 1 aliphatic rings. The van der Waals surface area contributed by atoms with Crippen LogP contribution in [0, 0.1) is 0 Å². The maximum absolute atomic E-state index is 10.8. The van der Waals surface area contributed by atoms with E-state index < -0.39 is 6.10 Å². The van der Waals surface area contributed by atoms with Crippen molar-refractivity contribution in [2.45, 2.75) is 31.3 Å². The molecule has 33 heavy (non-hydrogen) atoms. The first-order valence-electron chi connectivity index (χ1n) is 11.1. The second-order valence-corrected chi connectivity index (χ2v) is 9.18. The smallest absolute Gasteiger partial charge is 0.108 e. The molecular weight excluding hydrogens is 502 g/mol. The molecule has 0 aliphatic carbocycles. The highest BCUT2D eigenvalue weighted by molar-refractivity contribution is 9.10. The lowest BCUT2D eigenvalue weighted by Gasteiger charge is -2.40. The average molecular weight is 533 g/mol. The summed E-state index contributed by atoms with van der Waals surface area (Å²) in [4.78, 5) is 2.30. The summed E-state index contributed by atoms with van der Waals surface area (Å²) >= 11 is 3.49. The van der Waals surface area contributed by atoms with Gasteiger partial charge >= 0.3 is 0 Å². The first kappa shape index (κ1) is 25.9. The van der Waals surface area contributed by atoms with Crippen LogP contribution in [0.2, 0.25) is 0 Å². The number of morpholine rings is 1. The number of hydrogen-bond donors (Lipinski definition) is 1. The molecule has 3 atom stereocenters. The lowest BCUT2D eigenvalue weighted by Crippen LogP contribution is -2.49. The van der Waals surface area contributed by atoms with Gasteiger partial charge < -0.3 is 14.6 Å². The van der Waals surface area contributed by atoms with Crippen molar-refractivity contribution in [2.75, 3.05) is 26.3 Å². The molecule has 0 amide bonds.